The Morgan fingerprint density at radius 1 is 1.29 bits per heavy atom. The van der Waals surface area contributed by atoms with Crippen LogP contribution in [0.15, 0.2) is 23.2 Å². The molecule has 0 amide bonds. The molecule has 0 saturated heterocycles. The van der Waals surface area contributed by atoms with Crippen LogP contribution in [0, 0.1) is 11.6 Å². The van der Waals surface area contributed by atoms with E-state index in [1.165, 1.54) is 13.1 Å². The van der Waals surface area contributed by atoms with Gasteiger partial charge in [0.05, 0.1) is 18.8 Å². The van der Waals surface area contributed by atoms with Gasteiger partial charge < -0.3 is 9.47 Å². The number of hydroxylamine groups is 2. The molecule has 0 radical (unpaired) electrons. The van der Waals surface area contributed by atoms with E-state index in [0.717, 1.165) is 17.2 Å². The van der Waals surface area contributed by atoms with Crippen LogP contribution in [0.2, 0.25) is 0 Å². The lowest BCUT2D eigenvalue weighted by Crippen LogP contribution is -2.38. The van der Waals surface area contributed by atoms with Gasteiger partial charge in [0.2, 0.25) is 5.72 Å². The number of hydrogen-bond donors (Lipinski definition) is 0. The molecule has 0 aromatic heterocycles. The number of carbonyl (C=O) groups excluding carboxylic acids is 1. The van der Waals surface area contributed by atoms with Crippen molar-refractivity contribution >= 4 is 11.8 Å². The Morgan fingerprint density at radius 2 is 1.96 bits per heavy atom. The van der Waals surface area contributed by atoms with Gasteiger partial charge in [0, 0.05) is 13.7 Å². The second kappa shape index (κ2) is 7.67. The first-order valence-electron chi connectivity index (χ1n) is 7.63. The SMILES string of the molecule is CCOCC1(CC(=O)OCC)N=C(c2c(F)cccc2F)N(C)O1. The van der Waals surface area contributed by atoms with E-state index in [4.69, 9.17) is 14.3 Å². The lowest BCUT2D eigenvalue weighted by atomic mass is 10.1. The van der Waals surface area contributed by atoms with Crippen molar-refractivity contribution in [3.05, 3.63) is 35.4 Å². The summed E-state index contributed by atoms with van der Waals surface area (Å²) in [6, 6.07) is 3.52. The van der Waals surface area contributed by atoms with Crippen molar-refractivity contribution in [2.24, 2.45) is 4.99 Å². The quantitative estimate of drug-likeness (QED) is 0.712. The first-order chi connectivity index (χ1) is 11.4. The standard InChI is InChI=1S/C16H20F2N2O4/c1-4-22-10-16(9-13(21)23-5-2)19-15(20(3)24-16)14-11(17)7-6-8-12(14)18/h6-8H,4-5,9-10H2,1-3H3. The topological polar surface area (TPSA) is 60.4 Å². The van der Waals surface area contributed by atoms with Gasteiger partial charge in [-0.05, 0) is 26.0 Å². The van der Waals surface area contributed by atoms with Crippen LogP contribution in [0.4, 0.5) is 8.78 Å². The van der Waals surface area contributed by atoms with Gasteiger partial charge in [0.15, 0.2) is 5.84 Å². The number of ether oxygens (including phenoxy) is 2. The molecule has 0 aliphatic carbocycles. The fraction of sp³-hybridized carbons (Fsp3) is 0.500. The molecule has 6 nitrogen and oxygen atoms in total. The number of esters is 1. The highest BCUT2D eigenvalue weighted by Crippen LogP contribution is 2.30. The van der Waals surface area contributed by atoms with E-state index < -0.39 is 23.3 Å². The smallest absolute Gasteiger partial charge is 0.310 e. The monoisotopic (exact) mass is 342 g/mol. The third-order valence-corrected chi connectivity index (χ3v) is 3.36. The summed E-state index contributed by atoms with van der Waals surface area (Å²) in [5.74, 6) is -2.13. The van der Waals surface area contributed by atoms with Crippen LogP contribution in [-0.4, -0.2) is 49.5 Å². The molecule has 1 aliphatic rings. The summed E-state index contributed by atoms with van der Waals surface area (Å²) >= 11 is 0. The molecule has 1 unspecified atom stereocenters. The predicted octanol–water partition coefficient (Wildman–Crippen LogP) is 2.27. The Bertz CT molecular complexity index is 618. The Balaban J connectivity index is 2.39. The third-order valence-electron chi connectivity index (χ3n) is 3.36. The van der Waals surface area contributed by atoms with Gasteiger partial charge in [-0.3, -0.25) is 4.79 Å². The summed E-state index contributed by atoms with van der Waals surface area (Å²) in [5, 5.41) is 1.14. The maximum absolute atomic E-state index is 14.0. The van der Waals surface area contributed by atoms with Crippen LogP contribution in [0.25, 0.3) is 0 Å². The number of halogens is 2. The third kappa shape index (κ3) is 3.88. The number of aliphatic imine (C=N–C) groups is 1. The normalized spacial score (nSPS) is 20.2. The Labute approximate surface area is 139 Å². The summed E-state index contributed by atoms with van der Waals surface area (Å²) < 4.78 is 38.3. The largest absolute Gasteiger partial charge is 0.466 e. The minimum Gasteiger partial charge on any atom is -0.466 e. The molecule has 0 spiro atoms. The molecule has 1 aromatic rings. The summed E-state index contributed by atoms with van der Waals surface area (Å²) in [4.78, 5) is 21.7. The fourth-order valence-electron chi connectivity index (χ4n) is 2.39. The van der Waals surface area contributed by atoms with Crippen LogP contribution in [0.5, 0.6) is 0 Å². The highest BCUT2D eigenvalue weighted by Gasteiger charge is 2.44. The Hall–Kier alpha value is -2.06. The zero-order chi connectivity index (χ0) is 17.7. The van der Waals surface area contributed by atoms with Crippen LogP contribution in [0.3, 0.4) is 0 Å². The molecule has 1 aliphatic heterocycles. The van der Waals surface area contributed by atoms with E-state index in [1.54, 1.807) is 13.8 Å². The molecule has 0 bridgehead atoms. The molecule has 24 heavy (non-hydrogen) atoms. The van der Waals surface area contributed by atoms with Gasteiger partial charge in [-0.15, -0.1) is 0 Å². The zero-order valence-electron chi connectivity index (χ0n) is 13.8. The summed E-state index contributed by atoms with van der Waals surface area (Å²) in [6.45, 7) is 3.98. The van der Waals surface area contributed by atoms with Gasteiger partial charge in [-0.25, -0.2) is 23.7 Å². The second-order valence-corrected chi connectivity index (χ2v) is 5.19. The molecule has 1 aromatic carbocycles. The van der Waals surface area contributed by atoms with Crippen LogP contribution in [-0.2, 0) is 19.1 Å². The van der Waals surface area contributed by atoms with Crippen molar-refractivity contribution in [3.8, 4) is 0 Å². The highest BCUT2D eigenvalue weighted by atomic mass is 19.1. The number of rotatable bonds is 7. The number of hydrogen-bond acceptors (Lipinski definition) is 6. The molecular formula is C16H20F2N2O4. The van der Waals surface area contributed by atoms with Gasteiger partial charge in [-0.2, -0.15) is 0 Å². The van der Waals surface area contributed by atoms with Gasteiger partial charge >= 0.3 is 5.97 Å². The minimum atomic E-state index is -1.42. The second-order valence-electron chi connectivity index (χ2n) is 5.19. The molecule has 132 valence electrons. The van der Waals surface area contributed by atoms with Crippen LogP contribution >= 0.6 is 0 Å². The van der Waals surface area contributed by atoms with Gasteiger partial charge in [-0.1, -0.05) is 6.07 Å². The maximum atomic E-state index is 14.0. The molecule has 8 heteroatoms. The van der Waals surface area contributed by atoms with E-state index in [0.29, 0.717) is 6.61 Å². The van der Waals surface area contributed by atoms with E-state index in [-0.39, 0.29) is 31.0 Å². The molecule has 0 saturated carbocycles. The minimum absolute atomic E-state index is 0.0467. The lowest BCUT2D eigenvalue weighted by molar-refractivity contribution is -0.199. The maximum Gasteiger partial charge on any atom is 0.310 e. The molecule has 1 atom stereocenters. The Kier molecular flexibility index (Phi) is 5.84. The highest BCUT2D eigenvalue weighted by molar-refractivity contribution is 5.99. The van der Waals surface area contributed by atoms with E-state index >= 15 is 0 Å². The van der Waals surface area contributed by atoms with Crippen LogP contribution < -0.4 is 0 Å². The molecule has 0 fully saturated rings. The van der Waals surface area contributed by atoms with Crippen molar-refractivity contribution in [1.29, 1.82) is 0 Å². The number of benzene rings is 1. The summed E-state index contributed by atoms with van der Waals surface area (Å²) in [7, 11) is 1.46. The number of nitrogens with zero attached hydrogens (tertiary/aromatic N) is 2. The molecule has 1 heterocycles. The first-order valence-corrected chi connectivity index (χ1v) is 7.63. The lowest BCUT2D eigenvalue weighted by Gasteiger charge is -2.25. The van der Waals surface area contributed by atoms with Crippen molar-refractivity contribution in [2.75, 3.05) is 26.9 Å². The number of amidine groups is 1. The first kappa shape index (κ1) is 18.3. The van der Waals surface area contributed by atoms with Crippen LogP contribution in [0.1, 0.15) is 25.8 Å². The van der Waals surface area contributed by atoms with Crippen molar-refractivity contribution in [1.82, 2.24) is 5.06 Å². The number of carbonyl (C=O) groups is 1. The Morgan fingerprint density at radius 3 is 2.54 bits per heavy atom. The van der Waals surface area contributed by atoms with Gasteiger partial charge in [0.1, 0.15) is 18.1 Å². The van der Waals surface area contributed by atoms with E-state index in [2.05, 4.69) is 4.99 Å². The van der Waals surface area contributed by atoms with Crippen molar-refractivity contribution < 1.29 is 27.9 Å². The van der Waals surface area contributed by atoms with E-state index in [9.17, 15) is 13.6 Å². The summed E-state index contributed by atoms with van der Waals surface area (Å²) in [5.41, 5.74) is -1.73. The fourth-order valence-corrected chi connectivity index (χ4v) is 2.39. The predicted molar refractivity (Wildman–Crippen MR) is 82.2 cm³/mol. The summed E-state index contributed by atoms with van der Waals surface area (Å²) in [6.07, 6.45) is -0.231. The van der Waals surface area contributed by atoms with Crippen molar-refractivity contribution in [3.63, 3.8) is 0 Å². The van der Waals surface area contributed by atoms with Gasteiger partial charge in [0.25, 0.3) is 0 Å². The van der Waals surface area contributed by atoms with E-state index in [1.807, 2.05) is 0 Å². The molecule has 2 rings (SSSR count). The zero-order valence-corrected chi connectivity index (χ0v) is 13.8. The average molecular weight is 342 g/mol. The molecule has 0 N–H and O–H groups in total. The molecular weight excluding hydrogens is 322 g/mol. The average Bonchev–Trinajstić information content (AvgIpc) is 2.82. The van der Waals surface area contributed by atoms with Crippen molar-refractivity contribution in [2.45, 2.75) is 26.0 Å².